The summed E-state index contributed by atoms with van der Waals surface area (Å²) in [6.07, 6.45) is 5.66. The molecule has 6 heteroatoms. The van der Waals surface area contributed by atoms with Crippen molar-refractivity contribution in [2.45, 2.75) is 64.0 Å². The third-order valence-electron chi connectivity index (χ3n) is 5.06. The molecule has 1 aromatic heterocycles. The summed E-state index contributed by atoms with van der Waals surface area (Å²) in [6, 6.07) is 6.26. The number of hydrogen-bond donors (Lipinski definition) is 2. The van der Waals surface area contributed by atoms with Gasteiger partial charge in [0, 0.05) is 30.0 Å². The highest BCUT2D eigenvalue weighted by Crippen LogP contribution is 2.34. The van der Waals surface area contributed by atoms with E-state index in [4.69, 9.17) is 4.98 Å². The molecule has 0 saturated carbocycles. The number of halogens is 1. The number of benzene rings is 1. The van der Waals surface area contributed by atoms with Gasteiger partial charge in [0.15, 0.2) is 0 Å². The van der Waals surface area contributed by atoms with Gasteiger partial charge in [-0.2, -0.15) is 0 Å². The van der Waals surface area contributed by atoms with E-state index in [1.54, 1.807) is 0 Å². The molecule has 0 bridgehead atoms. The average Bonchev–Trinajstić information content (AvgIpc) is 3.03. The van der Waals surface area contributed by atoms with E-state index >= 15 is 0 Å². The molecule has 1 fully saturated rings. The Hall–Kier alpha value is -1.84. The molecule has 3 rings (SSSR count). The quantitative estimate of drug-likeness (QED) is 0.643. The van der Waals surface area contributed by atoms with Gasteiger partial charge < -0.3 is 15.0 Å². The molecule has 2 heterocycles. The monoisotopic (exact) mass is 431 g/mol. The summed E-state index contributed by atoms with van der Waals surface area (Å²) < 4.78 is 3.27. The topological polar surface area (TPSA) is 67.2 Å². The lowest BCUT2D eigenvalue weighted by Crippen LogP contribution is -2.34. The van der Waals surface area contributed by atoms with Gasteiger partial charge in [-0.1, -0.05) is 15.9 Å². The molecule has 0 aliphatic carbocycles. The number of aliphatic hydroxyl groups excluding tert-OH is 1. The van der Waals surface area contributed by atoms with E-state index in [0.29, 0.717) is 6.42 Å². The van der Waals surface area contributed by atoms with Gasteiger partial charge in [-0.25, -0.2) is 4.98 Å². The molecule has 27 heavy (non-hydrogen) atoms. The number of aromatic nitrogens is 2. The van der Waals surface area contributed by atoms with Crippen LogP contribution >= 0.6 is 15.9 Å². The molecule has 0 radical (unpaired) electrons. The number of nitrogens with zero attached hydrogens (tertiary/aromatic N) is 2. The zero-order valence-corrected chi connectivity index (χ0v) is 17.3. The lowest BCUT2D eigenvalue weighted by Gasteiger charge is -2.27. The van der Waals surface area contributed by atoms with Crippen LogP contribution < -0.4 is 5.32 Å². The summed E-state index contributed by atoms with van der Waals surface area (Å²) in [5, 5.41) is 12.5. The second kappa shape index (κ2) is 9.38. The van der Waals surface area contributed by atoms with Crippen LogP contribution in [0.2, 0.25) is 0 Å². The Morgan fingerprint density at radius 1 is 1.44 bits per heavy atom. The fraction of sp³-hybridized carbons (Fsp3) is 0.524. The third kappa shape index (κ3) is 4.72. The molecule has 1 amide bonds. The second-order valence-electron chi connectivity index (χ2n) is 6.97. The van der Waals surface area contributed by atoms with E-state index in [1.807, 2.05) is 19.1 Å². The van der Waals surface area contributed by atoms with Gasteiger partial charge in [-0.05, 0) is 57.2 Å². The van der Waals surface area contributed by atoms with Crippen LogP contribution in [0.4, 0.5) is 0 Å². The van der Waals surface area contributed by atoms with Crippen LogP contribution in [0.3, 0.4) is 0 Å². The van der Waals surface area contributed by atoms with Gasteiger partial charge in [-0.3, -0.25) is 4.79 Å². The van der Waals surface area contributed by atoms with Gasteiger partial charge in [-0.15, -0.1) is 11.8 Å². The van der Waals surface area contributed by atoms with Crippen molar-refractivity contribution in [3.63, 3.8) is 0 Å². The molecule has 2 atom stereocenters. The Bertz CT molecular complexity index is 865. The van der Waals surface area contributed by atoms with E-state index in [2.05, 4.69) is 43.7 Å². The van der Waals surface area contributed by atoms with Crippen molar-refractivity contribution < 1.29 is 9.90 Å². The molecular formula is C21H26BrN3O2. The van der Waals surface area contributed by atoms with E-state index in [1.165, 1.54) is 0 Å². The first kappa shape index (κ1) is 19.9. The molecule has 5 nitrogen and oxygen atoms in total. The number of carbonyl (C=O) groups excluding carboxylic acids is 1. The van der Waals surface area contributed by atoms with Crippen LogP contribution in [0.5, 0.6) is 0 Å². The molecule has 1 aliphatic rings. The highest BCUT2D eigenvalue weighted by atomic mass is 79.9. The number of rotatable bonds is 7. The maximum atomic E-state index is 12.0. The van der Waals surface area contributed by atoms with Crippen LogP contribution in [0.25, 0.3) is 11.0 Å². The van der Waals surface area contributed by atoms with Gasteiger partial charge in [0.1, 0.15) is 5.82 Å². The summed E-state index contributed by atoms with van der Waals surface area (Å²) >= 11 is 3.53. The fourth-order valence-electron chi connectivity index (χ4n) is 3.81. The normalized spacial score (nSPS) is 18.0. The molecule has 1 unspecified atom stereocenters. The lowest BCUT2D eigenvalue weighted by molar-refractivity contribution is -0.123. The molecule has 1 aliphatic heterocycles. The summed E-state index contributed by atoms with van der Waals surface area (Å²) in [6.45, 7) is 2.03. The van der Waals surface area contributed by atoms with Gasteiger partial charge in [0.05, 0.1) is 17.1 Å². The number of aliphatic hydroxyl groups is 1. The largest absolute Gasteiger partial charge is 0.396 e. The first-order chi connectivity index (χ1) is 13.1. The number of piperidine rings is 1. The molecule has 1 saturated heterocycles. The molecule has 1 aromatic carbocycles. The second-order valence-corrected chi connectivity index (χ2v) is 7.89. The van der Waals surface area contributed by atoms with E-state index < -0.39 is 0 Å². The average molecular weight is 432 g/mol. The number of imidazole rings is 1. The van der Waals surface area contributed by atoms with Crippen LogP contribution in [0, 0.1) is 11.8 Å². The standard InChI is InChI=1S/C21H26BrN3O2/c1-2-3-4-7-16(8-6-13-26)25-19-12-11-15(22)14-18(19)24-21(25)17-9-5-10-20(27)23-17/h11-12,14,16-17,26H,4-10,13H2,1H3,(H,23,27)/t16?,17-/m0/s1. The molecule has 144 valence electrons. The summed E-state index contributed by atoms with van der Waals surface area (Å²) in [4.78, 5) is 16.9. The van der Waals surface area contributed by atoms with Gasteiger partial charge >= 0.3 is 0 Å². The molecule has 2 aromatic rings. The van der Waals surface area contributed by atoms with E-state index in [9.17, 15) is 9.90 Å². The molecule has 2 N–H and O–H groups in total. The summed E-state index contributed by atoms with van der Waals surface area (Å²) in [7, 11) is 0. The maximum absolute atomic E-state index is 12.0. The number of fused-ring (bicyclic) bond motifs is 1. The summed E-state index contributed by atoms with van der Waals surface area (Å²) in [5.41, 5.74) is 2.00. The smallest absolute Gasteiger partial charge is 0.220 e. The van der Waals surface area contributed by atoms with Gasteiger partial charge in [0.2, 0.25) is 5.91 Å². The Kier molecular flexibility index (Phi) is 6.92. The Morgan fingerprint density at radius 2 is 2.30 bits per heavy atom. The molecule has 0 spiro atoms. The minimum Gasteiger partial charge on any atom is -0.396 e. The van der Waals surface area contributed by atoms with Crippen molar-refractivity contribution in [3.8, 4) is 11.8 Å². The zero-order valence-electron chi connectivity index (χ0n) is 15.7. The fourth-order valence-corrected chi connectivity index (χ4v) is 4.16. The third-order valence-corrected chi connectivity index (χ3v) is 5.56. The first-order valence-electron chi connectivity index (χ1n) is 9.61. The lowest BCUT2D eigenvalue weighted by atomic mass is 10.0. The van der Waals surface area contributed by atoms with Crippen LogP contribution in [0.15, 0.2) is 22.7 Å². The van der Waals surface area contributed by atoms with E-state index in [-0.39, 0.29) is 24.6 Å². The zero-order chi connectivity index (χ0) is 19.2. The highest BCUT2D eigenvalue weighted by molar-refractivity contribution is 9.10. The maximum Gasteiger partial charge on any atom is 0.220 e. The van der Waals surface area contributed by atoms with Crippen molar-refractivity contribution >= 4 is 32.9 Å². The van der Waals surface area contributed by atoms with Crippen molar-refractivity contribution in [3.05, 3.63) is 28.5 Å². The predicted octanol–water partition coefficient (Wildman–Crippen LogP) is 4.26. The minimum absolute atomic E-state index is 0.0636. The Morgan fingerprint density at radius 3 is 3.04 bits per heavy atom. The number of nitrogens with one attached hydrogen (secondary N) is 1. The highest BCUT2D eigenvalue weighted by Gasteiger charge is 2.28. The van der Waals surface area contributed by atoms with E-state index in [0.717, 1.165) is 59.9 Å². The summed E-state index contributed by atoms with van der Waals surface area (Å²) in [5.74, 6) is 7.13. The first-order valence-corrected chi connectivity index (χ1v) is 10.4. The van der Waals surface area contributed by atoms with Crippen LogP contribution in [0.1, 0.15) is 69.8 Å². The Balaban J connectivity index is 2.06. The van der Waals surface area contributed by atoms with Crippen molar-refractivity contribution in [2.24, 2.45) is 0 Å². The minimum atomic E-state index is -0.0636. The number of amides is 1. The van der Waals surface area contributed by atoms with Crippen molar-refractivity contribution in [1.82, 2.24) is 14.9 Å². The van der Waals surface area contributed by atoms with Crippen molar-refractivity contribution in [2.75, 3.05) is 6.61 Å². The van der Waals surface area contributed by atoms with Gasteiger partial charge in [0.25, 0.3) is 0 Å². The van der Waals surface area contributed by atoms with Crippen LogP contribution in [-0.4, -0.2) is 27.2 Å². The number of hydrogen-bond acceptors (Lipinski definition) is 3. The SMILES string of the molecule is CC#CCCC(CCCO)n1c([C@@H]2CCCC(=O)N2)nc2cc(Br)ccc21. The molecular weight excluding hydrogens is 406 g/mol. The van der Waals surface area contributed by atoms with Crippen LogP contribution in [-0.2, 0) is 4.79 Å². The Labute approximate surface area is 168 Å². The predicted molar refractivity (Wildman–Crippen MR) is 110 cm³/mol. The van der Waals surface area contributed by atoms with Crippen molar-refractivity contribution in [1.29, 1.82) is 0 Å². The number of carbonyl (C=O) groups is 1.